The Labute approximate surface area is 194 Å². The van der Waals surface area contributed by atoms with E-state index in [0.29, 0.717) is 25.1 Å². The fourth-order valence-corrected chi connectivity index (χ4v) is 4.03. The zero-order chi connectivity index (χ0) is 23.5. The fraction of sp³-hybridized carbons (Fsp3) is 0.455. The quantitative estimate of drug-likeness (QED) is 0.340. The van der Waals surface area contributed by atoms with Crippen LogP contribution < -0.4 is 16.1 Å². The van der Waals surface area contributed by atoms with E-state index in [1.165, 1.54) is 0 Å². The third kappa shape index (κ3) is 5.62. The number of nitrogens with zero attached hydrogens (tertiary/aromatic N) is 1. The van der Waals surface area contributed by atoms with E-state index >= 15 is 0 Å². The number of carbonyl (C=O) groups excluding carboxylic acids is 4. The molecule has 11 heteroatoms. The third-order valence-electron chi connectivity index (χ3n) is 5.93. The maximum absolute atomic E-state index is 13.6. The van der Waals surface area contributed by atoms with Gasteiger partial charge >= 0.3 is 0 Å². The van der Waals surface area contributed by atoms with Crippen LogP contribution >= 0.6 is 11.6 Å². The highest BCUT2D eigenvalue weighted by Gasteiger charge is 2.35. The van der Waals surface area contributed by atoms with Gasteiger partial charge in [0.25, 0.3) is 23.4 Å². The van der Waals surface area contributed by atoms with E-state index in [1.807, 2.05) is 24.3 Å². The second-order valence-electron chi connectivity index (χ2n) is 8.48. The summed E-state index contributed by atoms with van der Waals surface area (Å²) in [5.74, 6) is -2.91. The highest BCUT2D eigenvalue weighted by atomic mass is 35.5. The number of halogens is 2. The molecule has 2 heterocycles. The van der Waals surface area contributed by atoms with Crippen molar-refractivity contribution in [3.8, 4) is 0 Å². The minimum absolute atomic E-state index is 0.213. The first-order chi connectivity index (χ1) is 15.8. The Kier molecular flexibility index (Phi) is 6.83. The molecule has 4 amide bonds. The molecule has 2 unspecified atom stereocenters. The number of hydrogen-bond donors (Lipinski definition) is 4. The van der Waals surface area contributed by atoms with Gasteiger partial charge in [-0.05, 0) is 30.9 Å². The Bertz CT molecular complexity index is 1040. The van der Waals surface area contributed by atoms with Crippen LogP contribution in [0.3, 0.4) is 0 Å². The van der Waals surface area contributed by atoms with Crippen LogP contribution in [0.4, 0.5) is 4.39 Å². The Hall–Kier alpha value is -3.14. The number of amides is 4. The zero-order valence-electron chi connectivity index (χ0n) is 17.8. The van der Waals surface area contributed by atoms with E-state index in [9.17, 15) is 23.6 Å². The zero-order valence-corrected chi connectivity index (χ0v) is 18.5. The van der Waals surface area contributed by atoms with Crippen molar-refractivity contribution in [2.45, 2.75) is 37.4 Å². The molecule has 0 spiro atoms. The molecule has 176 valence electrons. The van der Waals surface area contributed by atoms with Crippen molar-refractivity contribution >= 4 is 46.1 Å². The molecule has 9 nitrogen and oxygen atoms in total. The van der Waals surface area contributed by atoms with Crippen LogP contribution in [0.25, 0.3) is 10.9 Å². The van der Waals surface area contributed by atoms with Gasteiger partial charge in [-0.25, -0.2) is 9.40 Å². The number of H-pyrrole nitrogens is 1. The fourth-order valence-electron chi connectivity index (χ4n) is 3.91. The molecule has 1 aliphatic carbocycles. The number of fused-ring (bicyclic) bond motifs is 1. The van der Waals surface area contributed by atoms with Crippen LogP contribution in [0.1, 0.15) is 36.2 Å². The molecular weight excluding hydrogens is 453 g/mol. The van der Waals surface area contributed by atoms with Gasteiger partial charge in [0.05, 0.1) is 12.5 Å². The summed E-state index contributed by atoms with van der Waals surface area (Å²) < 4.78 is 13.6. The normalized spacial score (nSPS) is 19.6. The molecule has 1 saturated carbocycles. The van der Waals surface area contributed by atoms with Crippen molar-refractivity contribution in [1.29, 1.82) is 0 Å². The van der Waals surface area contributed by atoms with E-state index in [4.69, 9.17) is 11.6 Å². The molecule has 33 heavy (non-hydrogen) atoms. The summed E-state index contributed by atoms with van der Waals surface area (Å²) in [6.07, 6.45) is 2.69. The van der Waals surface area contributed by atoms with Crippen LogP contribution in [-0.2, 0) is 14.4 Å². The molecule has 0 radical (unpaired) electrons. The molecule has 4 rings (SSSR count). The van der Waals surface area contributed by atoms with Crippen LogP contribution in [0.2, 0.25) is 0 Å². The second-order valence-corrected chi connectivity index (χ2v) is 8.86. The van der Waals surface area contributed by atoms with Gasteiger partial charge in [0.1, 0.15) is 11.7 Å². The topological polar surface area (TPSA) is 123 Å². The first-order valence-electron chi connectivity index (χ1n) is 10.9. The molecular formula is C22H25ClFN5O4. The summed E-state index contributed by atoms with van der Waals surface area (Å²) in [7, 11) is 0. The Balaban J connectivity index is 1.47. The van der Waals surface area contributed by atoms with Gasteiger partial charge in [-0.15, -0.1) is 0 Å². The molecule has 4 N–H and O–H groups in total. The van der Waals surface area contributed by atoms with Crippen LogP contribution in [0.5, 0.6) is 0 Å². The molecule has 2 fully saturated rings. The van der Waals surface area contributed by atoms with Crippen molar-refractivity contribution in [1.82, 2.24) is 26.1 Å². The average Bonchev–Trinajstić information content (AvgIpc) is 3.35. The maximum Gasteiger partial charge on any atom is 0.291 e. The van der Waals surface area contributed by atoms with E-state index in [-0.39, 0.29) is 18.4 Å². The van der Waals surface area contributed by atoms with E-state index < -0.39 is 35.3 Å². The molecule has 1 aliphatic heterocycles. The monoisotopic (exact) mass is 477 g/mol. The van der Waals surface area contributed by atoms with E-state index in [1.54, 1.807) is 6.07 Å². The summed E-state index contributed by atoms with van der Waals surface area (Å²) in [5, 5.41) is 6.94. The standard InChI is InChI=1S/C22H25ClFN5O4/c23-18(24)22(33)29(11-14-7-8-25-19(14)30)28-21(32)16(9-12-5-6-12)27-20(31)17-10-13-3-1-2-4-15(13)26-17/h1-4,10,12,14,16,18,26H,5-9,11H2,(H,25,30)(H,27,31)(H,28,32)/t14?,16-,18?/m0/s1. The lowest BCUT2D eigenvalue weighted by Gasteiger charge is -2.28. The highest BCUT2D eigenvalue weighted by Crippen LogP contribution is 2.33. The lowest BCUT2D eigenvalue weighted by molar-refractivity contribution is -0.145. The Morgan fingerprint density at radius 3 is 2.61 bits per heavy atom. The second kappa shape index (κ2) is 9.78. The lowest BCUT2D eigenvalue weighted by atomic mass is 10.1. The van der Waals surface area contributed by atoms with Crippen molar-refractivity contribution in [2.24, 2.45) is 11.8 Å². The summed E-state index contributed by atoms with van der Waals surface area (Å²) >= 11 is 5.32. The number of carbonyl (C=O) groups is 4. The SMILES string of the molecule is O=C(N[C@@H](CC1CC1)C(=O)NN(CC1CCNC1=O)C(=O)C(F)Cl)c1cc2ccccc2[nH]1. The van der Waals surface area contributed by atoms with E-state index in [0.717, 1.165) is 28.8 Å². The number of nitrogens with one attached hydrogen (secondary N) is 4. The summed E-state index contributed by atoms with van der Waals surface area (Å²) in [6, 6.07) is 8.13. The smallest absolute Gasteiger partial charge is 0.291 e. The van der Waals surface area contributed by atoms with Crippen LogP contribution in [0.15, 0.2) is 30.3 Å². The van der Waals surface area contributed by atoms with Gasteiger partial charge in [0.15, 0.2) is 0 Å². The molecule has 2 aromatic rings. The molecule has 0 bridgehead atoms. The van der Waals surface area contributed by atoms with Crippen molar-refractivity contribution in [2.75, 3.05) is 13.1 Å². The highest BCUT2D eigenvalue weighted by molar-refractivity contribution is 6.29. The minimum Gasteiger partial charge on any atom is -0.356 e. The van der Waals surface area contributed by atoms with Gasteiger partial charge in [-0.3, -0.25) is 24.6 Å². The molecule has 1 saturated heterocycles. The number of aromatic nitrogens is 1. The summed E-state index contributed by atoms with van der Waals surface area (Å²) in [5.41, 5.74) is 1.08. The predicted octanol–water partition coefficient (Wildman–Crippen LogP) is 1.60. The number of hydrogen-bond acceptors (Lipinski definition) is 4. The van der Waals surface area contributed by atoms with E-state index in [2.05, 4.69) is 21.0 Å². The number of benzene rings is 1. The molecule has 3 atom stereocenters. The van der Waals surface area contributed by atoms with Crippen LogP contribution in [-0.4, -0.2) is 58.4 Å². The Morgan fingerprint density at radius 1 is 1.21 bits per heavy atom. The summed E-state index contributed by atoms with van der Waals surface area (Å²) in [4.78, 5) is 53.1. The number of rotatable bonds is 8. The predicted molar refractivity (Wildman–Crippen MR) is 119 cm³/mol. The number of aromatic amines is 1. The molecule has 1 aromatic carbocycles. The number of para-hydroxylation sites is 1. The molecule has 2 aliphatic rings. The summed E-state index contributed by atoms with van der Waals surface area (Å²) in [6.45, 7) is 0.222. The maximum atomic E-state index is 13.6. The van der Waals surface area contributed by atoms with Gasteiger partial charge < -0.3 is 15.6 Å². The largest absolute Gasteiger partial charge is 0.356 e. The van der Waals surface area contributed by atoms with Crippen molar-refractivity contribution < 1.29 is 23.6 Å². The van der Waals surface area contributed by atoms with Gasteiger partial charge in [-0.1, -0.05) is 42.6 Å². The lowest BCUT2D eigenvalue weighted by Crippen LogP contribution is -2.56. The Morgan fingerprint density at radius 2 is 1.97 bits per heavy atom. The van der Waals surface area contributed by atoms with Gasteiger partial charge in [0, 0.05) is 17.4 Å². The third-order valence-corrected chi connectivity index (χ3v) is 6.11. The minimum atomic E-state index is -2.38. The molecule has 1 aromatic heterocycles. The van der Waals surface area contributed by atoms with Crippen LogP contribution in [0, 0.1) is 11.8 Å². The first-order valence-corrected chi connectivity index (χ1v) is 11.3. The van der Waals surface area contributed by atoms with Gasteiger partial charge in [-0.2, -0.15) is 0 Å². The average molecular weight is 478 g/mol. The number of hydrazine groups is 1. The first kappa shape index (κ1) is 23.0. The van der Waals surface area contributed by atoms with Gasteiger partial charge in [0.2, 0.25) is 5.91 Å². The van der Waals surface area contributed by atoms with Crippen molar-refractivity contribution in [3.63, 3.8) is 0 Å². The van der Waals surface area contributed by atoms with Crippen molar-refractivity contribution in [3.05, 3.63) is 36.0 Å². The number of alkyl halides is 2.